The molecule has 5 rings (SSSR count). The zero-order valence-corrected chi connectivity index (χ0v) is 20.0. The molecule has 4 aromatic rings. The number of benzene rings is 2. The molecule has 0 bridgehead atoms. The lowest BCUT2D eigenvalue weighted by Crippen LogP contribution is -2.31. The second-order valence-electron chi connectivity index (χ2n) is 9.16. The smallest absolute Gasteiger partial charge is 0.291 e. The highest BCUT2D eigenvalue weighted by molar-refractivity contribution is 6.02. The van der Waals surface area contributed by atoms with Crippen LogP contribution in [0.1, 0.15) is 47.0 Å². The Bertz CT molecular complexity index is 1280. The molecule has 0 aliphatic carbocycles. The van der Waals surface area contributed by atoms with Gasteiger partial charge in [0.15, 0.2) is 5.76 Å². The van der Waals surface area contributed by atoms with Gasteiger partial charge in [0, 0.05) is 16.8 Å². The van der Waals surface area contributed by atoms with Crippen LogP contribution in [0.15, 0.2) is 77.4 Å². The van der Waals surface area contributed by atoms with Crippen molar-refractivity contribution in [3.8, 4) is 5.75 Å². The van der Waals surface area contributed by atoms with Crippen LogP contribution in [0.2, 0.25) is 0 Å². The topological polar surface area (TPSA) is 76.4 Å². The Balaban J connectivity index is 1.32. The van der Waals surface area contributed by atoms with E-state index in [0.717, 1.165) is 60.4 Å². The van der Waals surface area contributed by atoms with Crippen molar-refractivity contribution in [3.63, 3.8) is 0 Å². The zero-order chi connectivity index (χ0) is 24.0. The molecule has 1 aliphatic rings. The fraction of sp³-hybridized carbons (Fsp3) is 0.310. The van der Waals surface area contributed by atoms with E-state index in [0.29, 0.717) is 24.2 Å². The van der Waals surface area contributed by atoms with Crippen molar-refractivity contribution < 1.29 is 13.9 Å². The van der Waals surface area contributed by atoms with Gasteiger partial charge in [0.25, 0.3) is 5.91 Å². The predicted octanol–water partition coefficient (Wildman–Crippen LogP) is 5.94. The minimum atomic E-state index is -0.242. The Labute approximate surface area is 205 Å². The second kappa shape index (κ2) is 10.7. The van der Waals surface area contributed by atoms with Crippen LogP contribution in [0.25, 0.3) is 10.9 Å². The number of hydrogen-bond acceptors (Lipinski definition) is 5. The molecule has 1 amide bonds. The van der Waals surface area contributed by atoms with Gasteiger partial charge < -0.3 is 19.8 Å². The van der Waals surface area contributed by atoms with Gasteiger partial charge in [0.1, 0.15) is 5.75 Å². The minimum absolute atomic E-state index is 0.242. The van der Waals surface area contributed by atoms with Crippen LogP contribution in [0.5, 0.6) is 5.75 Å². The molecule has 1 aliphatic heterocycles. The molecule has 0 saturated carbocycles. The summed E-state index contributed by atoms with van der Waals surface area (Å²) in [4.78, 5) is 17.1. The molecule has 35 heavy (non-hydrogen) atoms. The zero-order valence-electron chi connectivity index (χ0n) is 20.0. The van der Waals surface area contributed by atoms with E-state index in [1.165, 1.54) is 11.8 Å². The number of rotatable bonds is 8. The van der Waals surface area contributed by atoms with Gasteiger partial charge >= 0.3 is 0 Å². The van der Waals surface area contributed by atoms with Crippen LogP contribution in [-0.4, -0.2) is 30.6 Å². The van der Waals surface area contributed by atoms with Gasteiger partial charge in [0.2, 0.25) is 0 Å². The standard InChI is InChI=1S/C29H31N3O3/c1-20-10-11-25-26(31-20)7-3-8-27(25)35-18-14-24(21-12-15-30-16-13-21)22-5-2-6-23(19-22)32-29(33)28-9-4-17-34-28/h2-11,17,19,21,24,30H,12-16,18H2,1H3,(H,32,33). The third-order valence-electron chi connectivity index (χ3n) is 6.79. The fourth-order valence-electron chi connectivity index (χ4n) is 5.02. The third-order valence-corrected chi connectivity index (χ3v) is 6.79. The third kappa shape index (κ3) is 5.54. The number of amides is 1. The molecule has 1 unspecified atom stereocenters. The van der Waals surface area contributed by atoms with E-state index in [-0.39, 0.29) is 5.91 Å². The molecule has 2 N–H and O–H groups in total. The Morgan fingerprint density at radius 2 is 1.97 bits per heavy atom. The SMILES string of the molecule is Cc1ccc2c(OCCC(c3cccc(NC(=O)c4ccco4)c3)C3CCNCC3)cccc2n1. The normalized spacial score (nSPS) is 15.1. The first kappa shape index (κ1) is 23.1. The van der Waals surface area contributed by atoms with Gasteiger partial charge in [0.05, 0.1) is 18.4 Å². The molecule has 1 saturated heterocycles. The molecule has 2 aromatic carbocycles. The molecule has 6 nitrogen and oxygen atoms in total. The highest BCUT2D eigenvalue weighted by Crippen LogP contribution is 2.35. The lowest BCUT2D eigenvalue weighted by Gasteiger charge is -2.31. The number of aryl methyl sites for hydroxylation is 1. The van der Waals surface area contributed by atoms with E-state index in [9.17, 15) is 4.79 Å². The van der Waals surface area contributed by atoms with Crippen molar-refractivity contribution in [1.82, 2.24) is 10.3 Å². The number of hydrogen-bond donors (Lipinski definition) is 2. The number of carbonyl (C=O) groups excluding carboxylic acids is 1. The molecule has 1 fully saturated rings. The monoisotopic (exact) mass is 469 g/mol. The van der Waals surface area contributed by atoms with Gasteiger partial charge in [-0.15, -0.1) is 0 Å². The quantitative estimate of drug-likeness (QED) is 0.334. The van der Waals surface area contributed by atoms with Gasteiger partial charge in [-0.3, -0.25) is 9.78 Å². The van der Waals surface area contributed by atoms with Crippen LogP contribution in [0.4, 0.5) is 5.69 Å². The first-order valence-corrected chi connectivity index (χ1v) is 12.3. The minimum Gasteiger partial charge on any atom is -0.493 e. The summed E-state index contributed by atoms with van der Waals surface area (Å²) < 4.78 is 11.5. The average molecular weight is 470 g/mol. The molecular weight excluding hydrogens is 438 g/mol. The summed E-state index contributed by atoms with van der Waals surface area (Å²) >= 11 is 0. The molecule has 0 spiro atoms. The van der Waals surface area contributed by atoms with E-state index in [4.69, 9.17) is 9.15 Å². The maximum absolute atomic E-state index is 12.5. The number of aromatic nitrogens is 1. The van der Waals surface area contributed by atoms with Crippen molar-refractivity contribution in [1.29, 1.82) is 0 Å². The predicted molar refractivity (Wildman–Crippen MR) is 138 cm³/mol. The summed E-state index contributed by atoms with van der Waals surface area (Å²) in [6.07, 6.45) is 4.66. The van der Waals surface area contributed by atoms with Gasteiger partial charge in [-0.2, -0.15) is 0 Å². The van der Waals surface area contributed by atoms with E-state index in [1.54, 1.807) is 12.1 Å². The van der Waals surface area contributed by atoms with E-state index < -0.39 is 0 Å². The Morgan fingerprint density at radius 1 is 1.11 bits per heavy atom. The van der Waals surface area contributed by atoms with Crippen LogP contribution in [0.3, 0.4) is 0 Å². The molecule has 180 valence electrons. The van der Waals surface area contributed by atoms with Crippen LogP contribution < -0.4 is 15.4 Å². The first-order chi connectivity index (χ1) is 17.2. The fourth-order valence-corrected chi connectivity index (χ4v) is 5.02. The molecule has 1 atom stereocenters. The largest absolute Gasteiger partial charge is 0.493 e. The average Bonchev–Trinajstić information content (AvgIpc) is 3.43. The lowest BCUT2D eigenvalue weighted by atomic mass is 9.78. The highest BCUT2D eigenvalue weighted by Gasteiger charge is 2.25. The van der Waals surface area contributed by atoms with Crippen molar-refractivity contribution in [2.75, 3.05) is 25.0 Å². The van der Waals surface area contributed by atoms with Crippen LogP contribution in [0, 0.1) is 12.8 Å². The van der Waals surface area contributed by atoms with Crippen molar-refractivity contribution >= 4 is 22.5 Å². The highest BCUT2D eigenvalue weighted by atomic mass is 16.5. The maximum Gasteiger partial charge on any atom is 0.291 e. The van der Waals surface area contributed by atoms with Crippen molar-refractivity contribution in [2.24, 2.45) is 5.92 Å². The number of pyridine rings is 1. The summed E-state index contributed by atoms with van der Waals surface area (Å²) in [6, 6.07) is 21.7. The number of fused-ring (bicyclic) bond motifs is 1. The summed E-state index contributed by atoms with van der Waals surface area (Å²) in [6.45, 7) is 4.68. The summed E-state index contributed by atoms with van der Waals surface area (Å²) in [5.74, 6) is 1.84. The van der Waals surface area contributed by atoms with Crippen LogP contribution in [-0.2, 0) is 0 Å². The van der Waals surface area contributed by atoms with E-state index in [2.05, 4.69) is 33.8 Å². The van der Waals surface area contributed by atoms with Gasteiger partial charge in [-0.25, -0.2) is 0 Å². The van der Waals surface area contributed by atoms with Gasteiger partial charge in [-0.05, 0) is 105 Å². The number of carbonyl (C=O) groups is 1. The number of nitrogens with one attached hydrogen (secondary N) is 2. The number of piperidine rings is 1. The van der Waals surface area contributed by atoms with E-state index in [1.807, 2.05) is 43.3 Å². The number of ether oxygens (including phenoxy) is 1. The van der Waals surface area contributed by atoms with Crippen molar-refractivity contribution in [2.45, 2.75) is 32.1 Å². The Morgan fingerprint density at radius 3 is 2.80 bits per heavy atom. The second-order valence-corrected chi connectivity index (χ2v) is 9.16. The van der Waals surface area contributed by atoms with Crippen LogP contribution >= 0.6 is 0 Å². The molecule has 6 heteroatoms. The Kier molecular flexibility index (Phi) is 7.09. The number of nitrogens with zero attached hydrogens (tertiary/aromatic N) is 1. The molecule has 0 radical (unpaired) electrons. The lowest BCUT2D eigenvalue weighted by molar-refractivity contribution is 0.0996. The summed E-state index contributed by atoms with van der Waals surface area (Å²) in [7, 11) is 0. The number of furan rings is 1. The Hall–Kier alpha value is -3.64. The maximum atomic E-state index is 12.5. The van der Waals surface area contributed by atoms with Crippen molar-refractivity contribution in [3.05, 3.63) is 90.0 Å². The molecule has 3 heterocycles. The number of anilines is 1. The molecule has 2 aromatic heterocycles. The van der Waals surface area contributed by atoms with Gasteiger partial charge in [-0.1, -0.05) is 18.2 Å². The first-order valence-electron chi connectivity index (χ1n) is 12.3. The van der Waals surface area contributed by atoms with E-state index >= 15 is 0 Å². The summed E-state index contributed by atoms with van der Waals surface area (Å²) in [5, 5.41) is 7.48. The summed E-state index contributed by atoms with van der Waals surface area (Å²) in [5.41, 5.74) is 3.96. The molecular formula is C29H31N3O3.